The Morgan fingerprint density at radius 2 is 1.91 bits per heavy atom. The van der Waals surface area contributed by atoms with Gasteiger partial charge in [-0.05, 0) is 29.0 Å². The molecule has 1 aromatic heterocycles. The van der Waals surface area contributed by atoms with Crippen molar-refractivity contribution in [3.05, 3.63) is 51.2 Å². The number of fused-ring (bicyclic) bond motifs is 1. The number of benzene rings is 1. The summed E-state index contributed by atoms with van der Waals surface area (Å²) < 4.78 is 0. The predicted octanol–water partition coefficient (Wildman–Crippen LogP) is 0.215. The molecule has 2 amide bonds. The van der Waals surface area contributed by atoms with E-state index >= 15 is 0 Å². The molecular weight excluding hydrogens is 314 g/mol. The number of rotatable bonds is 3. The Morgan fingerprint density at radius 1 is 1.23 bits per heavy atom. The Balaban J connectivity index is 2.05. The molecule has 22 heavy (non-hydrogen) atoms. The van der Waals surface area contributed by atoms with Gasteiger partial charge in [0.15, 0.2) is 0 Å². The lowest BCUT2D eigenvalue weighted by molar-refractivity contribution is -0.380. The average molecular weight is 318 g/mol. The Labute approximate surface area is 125 Å². The van der Waals surface area contributed by atoms with Crippen LogP contribution in [0.1, 0.15) is 31.1 Å². The molecule has 0 N–H and O–H groups in total. The van der Waals surface area contributed by atoms with Crippen molar-refractivity contribution in [3.63, 3.8) is 0 Å². The van der Waals surface area contributed by atoms with Crippen LogP contribution in [-0.4, -0.2) is 27.7 Å². The molecule has 9 nitrogen and oxygen atoms in total. The second-order valence-corrected chi connectivity index (χ2v) is 5.22. The van der Waals surface area contributed by atoms with E-state index in [-0.39, 0.29) is 26.8 Å². The number of carboxylic acid groups (broad SMARTS) is 1. The van der Waals surface area contributed by atoms with Gasteiger partial charge in [0.25, 0.3) is 11.8 Å². The molecule has 0 fully saturated rings. The van der Waals surface area contributed by atoms with Gasteiger partial charge in [0, 0.05) is 0 Å². The van der Waals surface area contributed by atoms with Crippen molar-refractivity contribution in [1.29, 1.82) is 0 Å². The van der Waals surface area contributed by atoms with Gasteiger partial charge in [-0.25, -0.2) is 9.88 Å². The van der Waals surface area contributed by atoms with Gasteiger partial charge < -0.3 is 9.90 Å². The third-order valence-corrected chi connectivity index (χ3v) is 3.91. The summed E-state index contributed by atoms with van der Waals surface area (Å²) in [6.07, 6.45) is 0.941. The first-order chi connectivity index (χ1) is 10.4. The van der Waals surface area contributed by atoms with Crippen molar-refractivity contribution in [3.8, 4) is 0 Å². The van der Waals surface area contributed by atoms with Crippen LogP contribution in [-0.2, 0) is 0 Å². The number of imide groups is 1. The zero-order chi connectivity index (χ0) is 16.0. The molecule has 0 saturated heterocycles. The summed E-state index contributed by atoms with van der Waals surface area (Å²) in [7, 11) is 0. The summed E-state index contributed by atoms with van der Waals surface area (Å²) in [5, 5.41) is 21.0. The third kappa shape index (κ3) is 1.93. The largest absolute Gasteiger partial charge is 0.545 e. The number of amides is 2. The predicted molar refractivity (Wildman–Crippen MR) is 70.7 cm³/mol. The maximum absolute atomic E-state index is 12.3. The van der Waals surface area contributed by atoms with Crippen molar-refractivity contribution < 1.29 is 24.4 Å². The summed E-state index contributed by atoms with van der Waals surface area (Å²) in [5.41, 5.74) is -0.343. The van der Waals surface area contributed by atoms with E-state index in [1.165, 1.54) is 6.07 Å². The SMILES string of the molecule is O=C([O-])c1ccc2c(c1)C(=O)N(c1ncc([N+](=O)[O-])s1)C2=O. The smallest absolute Gasteiger partial charge is 0.345 e. The van der Waals surface area contributed by atoms with Crippen LogP contribution in [0.5, 0.6) is 0 Å². The molecule has 0 radical (unpaired) electrons. The molecule has 2 heterocycles. The molecule has 3 rings (SSSR count). The van der Waals surface area contributed by atoms with Crippen LogP contribution in [0.15, 0.2) is 24.4 Å². The van der Waals surface area contributed by atoms with E-state index in [9.17, 15) is 29.6 Å². The van der Waals surface area contributed by atoms with Crippen LogP contribution in [0.3, 0.4) is 0 Å². The fourth-order valence-electron chi connectivity index (χ4n) is 1.99. The lowest BCUT2D eigenvalue weighted by atomic mass is 10.1. The Hall–Kier alpha value is -3.14. The van der Waals surface area contributed by atoms with E-state index in [1.807, 2.05) is 0 Å². The summed E-state index contributed by atoms with van der Waals surface area (Å²) >= 11 is 0.572. The lowest BCUT2D eigenvalue weighted by Gasteiger charge is -2.08. The van der Waals surface area contributed by atoms with Gasteiger partial charge in [-0.1, -0.05) is 6.07 Å². The first-order valence-electron chi connectivity index (χ1n) is 5.74. The maximum atomic E-state index is 12.3. The van der Waals surface area contributed by atoms with Gasteiger partial charge >= 0.3 is 5.00 Å². The van der Waals surface area contributed by atoms with Crippen LogP contribution in [0, 0.1) is 10.1 Å². The number of hydrogen-bond acceptors (Lipinski definition) is 8. The van der Waals surface area contributed by atoms with Crippen molar-refractivity contribution in [2.45, 2.75) is 0 Å². The van der Waals surface area contributed by atoms with Crippen LogP contribution in [0.25, 0.3) is 0 Å². The van der Waals surface area contributed by atoms with Crippen LogP contribution < -0.4 is 10.0 Å². The van der Waals surface area contributed by atoms with Crippen molar-refractivity contribution in [1.82, 2.24) is 4.98 Å². The highest BCUT2D eigenvalue weighted by molar-refractivity contribution is 7.19. The number of anilines is 1. The lowest BCUT2D eigenvalue weighted by Crippen LogP contribution is -2.29. The second-order valence-electron chi connectivity index (χ2n) is 4.23. The minimum absolute atomic E-state index is 0.00727. The highest BCUT2D eigenvalue weighted by Crippen LogP contribution is 2.34. The average Bonchev–Trinajstić information content (AvgIpc) is 3.04. The van der Waals surface area contributed by atoms with Crippen LogP contribution >= 0.6 is 11.3 Å². The van der Waals surface area contributed by atoms with E-state index in [4.69, 9.17) is 0 Å². The number of thiazole rings is 1. The second kappa shape index (κ2) is 4.70. The summed E-state index contributed by atoms with van der Waals surface area (Å²) in [4.78, 5) is 49.6. The van der Waals surface area contributed by atoms with Gasteiger partial charge in [0.1, 0.15) is 6.20 Å². The summed E-state index contributed by atoms with van der Waals surface area (Å²) in [5.74, 6) is -2.98. The van der Waals surface area contributed by atoms with Gasteiger partial charge in [0.2, 0.25) is 5.13 Å². The van der Waals surface area contributed by atoms with Gasteiger partial charge in [-0.15, -0.1) is 0 Å². The summed E-state index contributed by atoms with van der Waals surface area (Å²) in [6, 6.07) is 3.38. The highest BCUT2D eigenvalue weighted by Gasteiger charge is 2.39. The molecule has 0 bridgehead atoms. The Bertz CT molecular complexity index is 858. The number of nitro groups is 1. The maximum Gasteiger partial charge on any atom is 0.345 e. The van der Waals surface area contributed by atoms with Crippen molar-refractivity contribution in [2.75, 3.05) is 4.90 Å². The molecule has 10 heteroatoms. The number of carbonyl (C=O) groups is 3. The molecule has 1 aliphatic heterocycles. The molecule has 0 spiro atoms. The number of carboxylic acids is 1. The standard InChI is InChI=1S/C12H5N3O6S/c16-9-6-2-1-5(11(18)19)3-7(6)10(17)14(9)12-13-4-8(22-12)15(20)21/h1-4H,(H,18,19)/p-1. The normalized spacial score (nSPS) is 13.4. The molecular formula is C12H4N3O6S-. The molecule has 110 valence electrons. The Kier molecular flexibility index (Phi) is 2.95. The van der Waals surface area contributed by atoms with Crippen molar-refractivity contribution >= 4 is 39.3 Å². The fourth-order valence-corrected chi connectivity index (χ4v) is 2.72. The number of aromatic nitrogens is 1. The molecule has 0 atom stereocenters. The molecule has 0 unspecified atom stereocenters. The number of nitrogens with zero attached hydrogens (tertiary/aromatic N) is 3. The minimum Gasteiger partial charge on any atom is -0.545 e. The summed E-state index contributed by atoms with van der Waals surface area (Å²) in [6.45, 7) is 0. The molecule has 1 aromatic carbocycles. The number of aromatic carboxylic acids is 1. The van der Waals surface area contributed by atoms with E-state index in [1.54, 1.807) is 0 Å². The highest BCUT2D eigenvalue weighted by atomic mass is 32.1. The first kappa shape index (κ1) is 13.8. The van der Waals surface area contributed by atoms with Crippen LogP contribution in [0.2, 0.25) is 0 Å². The Morgan fingerprint density at radius 3 is 2.50 bits per heavy atom. The quantitative estimate of drug-likeness (QED) is 0.448. The minimum atomic E-state index is -1.48. The van der Waals surface area contributed by atoms with Gasteiger partial charge in [-0.2, -0.15) is 0 Å². The van der Waals surface area contributed by atoms with Gasteiger partial charge in [0.05, 0.1) is 22.0 Å². The van der Waals surface area contributed by atoms with Crippen molar-refractivity contribution in [2.24, 2.45) is 0 Å². The molecule has 0 saturated carbocycles. The molecule has 0 aliphatic carbocycles. The van der Waals surface area contributed by atoms with E-state index in [0.29, 0.717) is 16.2 Å². The third-order valence-electron chi connectivity index (χ3n) is 2.97. The number of hydrogen-bond donors (Lipinski definition) is 0. The fraction of sp³-hybridized carbons (Fsp3) is 0. The van der Waals surface area contributed by atoms with E-state index in [2.05, 4.69) is 4.98 Å². The first-order valence-corrected chi connectivity index (χ1v) is 6.56. The van der Waals surface area contributed by atoms with E-state index in [0.717, 1.165) is 18.3 Å². The molecule has 1 aliphatic rings. The number of carbonyl (C=O) groups excluding carboxylic acids is 3. The zero-order valence-corrected chi connectivity index (χ0v) is 11.3. The van der Waals surface area contributed by atoms with Crippen LogP contribution in [0.4, 0.5) is 10.1 Å². The topological polar surface area (TPSA) is 134 Å². The monoisotopic (exact) mass is 318 g/mol. The zero-order valence-electron chi connectivity index (χ0n) is 10.5. The van der Waals surface area contributed by atoms with E-state index < -0.39 is 22.7 Å². The molecule has 2 aromatic rings. The van der Waals surface area contributed by atoms with Gasteiger partial charge in [-0.3, -0.25) is 19.7 Å².